The molecule has 12 heavy (non-hydrogen) atoms. The maximum atomic E-state index is 11.3. The summed E-state index contributed by atoms with van der Waals surface area (Å²) in [5.74, 6) is 0.0809. The topological polar surface area (TPSA) is 26.3 Å². The average Bonchev–Trinajstić information content (AvgIpc) is 1.82. The number of halogens is 1. The standard InChI is InChI=1S/C9H17BrO2/c1-6(2)7(10)8(11)12-9(3,4)5/h6-7H,1-5H3/t7-/m1/s1. The number of ether oxygens (including phenoxy) is 1. The van der Waals surface area contributed by atoms with Crippen molar-refractivity contribution in [2.24, 2.45) is 5.92 Å². The van der Waals surface area contributed by atoms with E-state index >= 15 is 0 Å². The minimum Gasteiger partial charge on any atom is -0.459 e. The number of esters is 1. The van der Waals surface area contributed by atoms with E-state index < -0.39 is 5.60 Å². The molecular formula is C9H17BrO2. The Morgan fingerprint density at radius 1 is 1.33 bits per heavy atom. The van der Waals surface area contributed by atoms with Crippen LogP contribution in [0.15, 0.2) is 0 Å². The minimum absolute atomic E-state index is 0.183. The van der Waals surface area contributed by atoms with Gasteiger partial charge in [-0.05, 0) is 26.7 Å². The number of hydrogen-bond acceptors (Lipinski definition) is 2. The summed E-state index contributed by atoms with van der Waals surface area (Å²) in [6.07, 6.45) is 0. The maximum Gasteiger partial charge on any atom is 0.320 e. The monoisotopic (exact) mass is 236 g/mol. The number of hydrogen-bond donors (Lipinski definition) is 0. The molecule has 0 heterocycles. The molecule has 0 aliphatic rings. The molecule has 0 bridgehead atoms. The molecule has 0 amide bonds. The highest BCUT2D eigenvalue weighted by atomic mass is 79.9. The zero-order valence-corrected chi connectivity index (χ0v) is 9.94. The van der Waals surface area contributed by atoms with Gasteiger partial charge < -0.3 is 4.74 Å². The largest absolute Gasteiger partial charge is 0.459 e. The molecular weight excluding hydrogens is 220 g/mol. The first-order valence-corrected chi connectivity index (χ1v) is 5.02. The van der Waals surface area contributed by atoms with E-state index in [9.17, 15) is 4.79 Å². The first-order chi connectivity index (χ1) is 5.24. The van der Waals surface area contributed by atoms with Crippen LogP contribution in [0.2, 0.25) is 0 Å². The van der Waals surface area contributed by atoms with Crippen molar-refractivity contribution in [2.75, 3.05) is 0 Å². The highest BCUT2D eigenvalue weighted by Crippen LogP contribution is 2.17. The summed E-state index contributed by atoms with van der Waals surface area (Å²) < 4.78 is 5.17. The van der Waals surface area contributed by atoms with Crippen LogP contribution in [0.3, 0.4) is 0 Å². The molecule has 1 atom stereocenters. The fourth-order valence-electron chi connectivity index (χ4n) is 0.630. The zero-order valence-electron chi connectivity index (χ0n) is 8.35. The summed E-state index contributed by atoms with van der Waals surface area (Å²) in [7, 11) is 0. The third-order valence-corrected chi connectivity index (χ3v) is 2.65. The Morgan fingerprint density at radius 2 is 1.75 bits per heavy atom. The lowest BCUT2D eigenvalue weighted by Crippen LogP contribution is -2.31. The Bertz CT molecular complexity index is 158. The summed E-state index contributed by atoms with van der Waals surface area (Å²) in [5, 5.41) is 0. The zero-order chi connectivity index (χ0) is 9.94. The lowest BCUT2D eigenvalue weighted by Gasteiger charge is -2.22. The van der Waals surface area contributed by atoms with Crippen molar-refractivity contribution in [1.29, 1.82) is 0 Å². The SMILES string of the molecule is CC(C)[C@@H](Br)C(=O)OC(C)(C)C. The molecule has 0 aromatic rings. The first kappa shape index (κ1) is 11.9. The van der Waals surface area contributed by atoms with Gasteiger partial charge in [-0.15, -0.1) is 0 Å². The molecule has 72 valence electrons. The van der Waals surface area contributed by atoms with Gasteiger partial charge in [0.15, 0.2) is 0 Å². The van der Waals surface area contributed by atoms with Gasteiger partial charge in [-0.1, -0.05) is 29.8 Å². The molecule has 3 heteroatoms. The minimum atomic E-state index is -0.391. The summed E-state index contributed by atoms with van der Waals surface area (Å²) in [6, 6.07) is 0. The van der Waals surface area contributed by atoms with Gasteiger partial charge in [0, 0.05) is 0 Å². The van der Waals surface area contributed by atoms with Crippen LogP contribution in [-0.4, -0.2) is 16.4 Å². The van der Waals surface area contributed by atoms with Crippen molar-refractivity contribution < 1.29 is 9.53 Å². The van der Waals surface area contributed by atoms with E-state index in [1.807, 2.05) is 34.6 Å². The van der Waals surface area contributed by atoms with Gasteiger partial charge in [0.2, 0.25) is 0 Å². The second kappa shape index (κ2) is 4.26. The summed E-state index contributed by atoms with van der Waals surface area (Å²) >= 11 is 3.29. The van der Waals surface area contributed by atoms with Gasteiger partial charge in [-0.3, -0.25) is 4.79 Å². The van der Waals surface area contributed by atoms with Crippen molar-refractivity contribution in [3.05, 3.63) is 0 Å². The van der Waals surface area contributed by atoms with E-state index in [1.54, 1.807) is 0 Å². The van der Waals surface area contributed by atoms with E-state index in [0.29, 0.717) is 0 Å². The van der Waals surface area contributed by atoms with E-state index in [2.05, 4.69) is 15.9 Å². The third kappa shape index (κ3) is 4.75. The number of carbonyl (C=O) groups excluding carboxylic acids is 1. The Balaban J connectivity index is 4.05. The molecule has 0 saturated heterocycles. The van der Waals surface area contributed by atoms with Gasteiger partial charge in [0.05, 0.1) is 0 Å². The molecule has 0 aliphatic carbocycles. The molecule has 0 unspecified atom stereocenters. The van der Waals surface area contributed by atoms with E-state index in [-0.39, 0.29) is 16.7 Å². The van der Waals surface area contributed by atoms with Gasteiger partial charge >= 0.3 is 5.97 Å². The summed E-state index contributed by atoms with van der Waals surface area (Å²) in [4.78, 5) is 11.1. The van der Waals surface area contributed by atoms with Crippen LogP contribution in [0.4, 0.5) is 0 Å². The molecule has 2 nitrogen and oxygen atoms in total. The highest BCUT2D eigenvalue weighted by Gasteiger charge is 2.24. The number of rotatable bonds is 2. The van der Waals surface area contributed by atoms with Gasteiger partial charge in [-0.2, -0.15) is 0 Å². The predicted molar refractivity (Wildman–Crippen MR) is 53.4 cm³/mol. The van der Waals surface area contributed by atoms with Crippen LogP contribution in [0.25, 0.3) is 0 Å². The van der Waals surface area contributed by atoms with Gasteiger partial charge in [0.1, 0.15) is 10.4 Å². The molecule has 0 N–H and O–H groups in total. The Kier molecular flexibility index (Phi) is 4.24. The normalized spacial score (nSPS) is 14.6. The first-order valence-electron chi connectivity index (χ1n) is 4.11. The van der Waals surface area contributed by atoms with Crippen molar-refractivity contribution in [3.8, 4) is 0 Å². The van der Waals surface area contributed by atoms with Crippen LogP contribution in [0, 0.1) is 5.92 Å². The Morgan fingerprint density at radius 3 is 2.00 bits per heavy atom. The maximum absolute atomic E-state index is 11.3. The van der Waals surface area contributed by atoms with Gasteiger partial charge in [0.25, 0.3) is 0 Å². The summed E-state index contributed by atoms with van der Waals surface area (Å²) in [6.45, 7) is 9.55. The van der Waals surface area contributed by atoms with Crippen LogP contribution in [-0.2, 0) is 9.53 Å². The van der Waals surface area contributed by atoms with Crippen molar-refractivity contribution in [2.45, 2.75) is 45.0 Å². The lowest BCUT2D eigenvalue weighted by atomic mass is 10.1. The second-order valence-corrected chi connectivity index (χ2v) is 5.17. The molecule has 0 aliphatic heterocycles. The van der Waals surface area contributed by atoms with Crippen molar-refractivity contribution >= 4 is 21.9 Å². The molecule has 0 spiro atoms. The molecule has 0 aromatic heterocycles. The van der Waals surface area contributed by atoms with Gasteiger partial charge in [-0.25, -0.2) is 0 Å². The van der Waals surface area contributed by atoms with Crippen LogP contribution in [0.1, 0.15) is 34.6 Å². The number of carbonyl (C=O) groups is 1. The predicted octanol–water partition coefficient (Wildman–Crippen LogP) is 2.75. The fourth-order valence-corrected chi connectivity index (χ4v) is 0.724. The Labute approximate surface area is 82.8 Å². The Hall–Kier alpha value is -0.0500. The van der Waals surface area contributed by atoms with E-state index in [4.69, 9.17) is 4.74 Å². The number of alkyl halides is 1. The van der Waals surface area contributed by atoms with E-state index in [1.165, 1.54) is 0 Å². The smallest absolute Gasteiger partial charge is 0.320 e. The molecule has 0 fully saturated rings. The summed E-state index contributed by atoms with van der Waals surface area (Å²) in [5.41, 5.74) is -0.391. The molecule has 0 saturated carbocycles. The lowest BCUT2D eigenvalue weighted by molar-refractivity contribution is -0.154. The van der Waals surface area contributed by atoms with Crippen molar-refractivity contribution in [1.82, 2.24) is 0 Å². The molecule has 0 radical (unpaired) electrons. The highest BCUT2D eigenvalue weighted by molar-refractivity contribution is 9.10. The van der Waals surface area contributed by atoms with Crippen LogP contribution < -0.4 is 0 Å². The second-order valence-electron chi connectivity index (χ2n) is 4.18. The average molecular weight is 237 g/mol. The molecule has 0 rings (SSSR count). The van der Waals surface area contributed by atoms with Crippen LogP contribution in [0.5, 0.6) is 0 Å². The van der Waals surface area contributed by atoms with Crippen LogP contribution >= 0.6 is 15.9 Å². The third-order valence-electron chi connectivity index (χ3n) is 1.22. The molecule has 0 aromatic carbocycles. The quantitative estimate of drug-likeness (QED) is 0.545. The van der Waals surface area contributed by atoms with Crippen molar-refractivity contribution in [3.63, 3.8) is 0 Å². The van der Waals surface area contributed by atoms with E-state index in [0.717, 1.165) is 0 Å². The fraction of sp³-hybridized carbons (Fsp3) is 0.889.